The lowest BCUT2D eigenvalue weighted by Crippen LogP contribution is -2.31. The van der Waals surface area contributed by atoms with E-state index in [2.05, 4.69) is 34.7 Å². The van der Waals surface area contributed by atoms with E-state index in [4.69, 9.17) is 4.74 Å². The maximum Gasteiger partial charge on any atom is 0.176 e. The fourth-order valence-corrected chi connectivity index (χ4v) is 2.58. The molecule has 0 amide bonds. The summed E-state index contributed by atoms with van der Waals surface area (Å²) < 4.78 is 5.99. The van der Waals surface area contributed by atoms with Crippen molar-refractivity contribution in [3.63, 3.8) is 0 Å². The second-order valence-electron chi connectivity index (χ2n) is 4.55. The Balaban J connectivity index is 2.73. The van der Waals surface area contributed by atoms with Crippen molar-refractivity contribution in [1.29, 1.82) is 0 Å². The quantitative estimate of drug-likeness (QED) is 0.681. The predicted octanol–water partition coefficient (Wildman–Crippen LogP) is 3.76. The van der Waals surface area contributed by atoms with Crippen LogP contribution in [0.4, 0.5) is 0 Å². The summed E-state index contributed by atoms with van der Waals surface area (Å²) >= 11 is 3.41. The summed E-state index contributed by atoms with van der Waals surface area (Å²) in [5, 5.41) is 0. The van der Waals surface area contributed by atoms with E-state index in [-0.39, 0.29) is 5.78 Å². The van der Waals surface area contributed by atoms with Crippen molar-refractivity contribution >= 4 is 21.7 Å². The molecule has 0 aromatic heterocycles. The number of Topliss-reactive ketones (excluding diaryl/α,β-unsaturated/α-hetero) is 1. The molecule has 4 heteroatoms. The van der Waals surface area contributed by atoms with E-state index in [1.807, 2.05) is 18.2 Å². The highest BCUT2D eigenvalue weighted by Gasteiger charge is 2.13. The summed E-state index contributed by atoms with van der Waals surface area (Å²) in [6.45, 7) is 6.70. The third kappa shape index (κ3) is 4.96. The van der Waals surface area contributed by atoms with Crippen LogP contribution in [0.15, 0.2) is 22.7 Å². The van der Waals surface area contributed by atoms with Gasteiger partial charge < -0.3 is 4.74 Å². The van der Waals surface area contributed by atoms with Gasteiger partial charge in [0.25, 0.3) is 0 Å². The maximum atomic E-state index is 12.3. The standard InChI is InChI=1S/C15H22BrNO2/c1-4-8-17(9-5-2)11-14(18)12-6-7-15(19-3)13(16)10-12/h6-7,10H,4-5,8-9,11H2,1-3H3. The summed E-state index contributed by atoms with van der Waals surface area (Å²) in [6.07, 6.45) is 2.14. The molecule has 0 aliphatic heterocycles. The highest BCUT2D eigenvalue weighted by Crippen LogP contribution is 2.25. The van der Waals surface area contributed by atoms with Crippen molar-refractivity contribution in [1.82, 2.24) is 4.90 Å². The molecule has 1 aromatic carbocycles. The SMILES string of the molecule is CCCN(CCC)CC(=O)c1ccc(OC)c(Br)c1. The first-order valence-electron chi connectivity index (χ1n) is 6.71. The minimum atomic E-state index is 0.158. The van der Waals surface area contributed by atoms with Gasteiger partial charge in [0.1, 0.15) is 5.75 Å². The van der Waals surface area contributed by atoms with Gasteiger partial charge >= 0.3 is 0 Å². The van der Waals surface area contributed by atoms with Crippen molar-refractivity contribution in [3.05, 3.63) is 28.2 Å². The van der Waals surface area contributed by atoms with E-state index < -0.39 is 0 Å². The molecule has 0 aliphatic rings. The van der Waals surface area contributed by atoms with Crippen LogP contribution in [0.5, 0.6) is 5.75 Å². The molecule has 0 radical (unpaired) electrons. The van der Waals surface area contributed by atoms with Crippen LogP contribution in [0, 0.1) is 0 Å². The molecule has 1 rings (SSSR count). The van der Waals surface area contributed by atoms with Gasteiger partial charge in [-0.25, -0.2) is 0 Å². The van der Waals surface area contributed by atoms with Gasteiger partial charge in [0.2, 0.25) is 0 Å². The number of ether oxygens (including phenoxy) is 1. The molecule has 106 valence electrons. The molecule has 0 aliphatic carbocycles. The largest absolute Gasteiger partial charge is 0.496 e. The molecule has 0 N–H and O–H groups in total. The molecule has 0 heterocycles. The van der Waals surface area contributed by atoms with Gasteiger partial charge in [-0.15, -0.1) is 0 Å². The van der Waals surface area contributed by atoms with Crippen LogP contribution in [-0.2, 0) is 0 Å². The molecule has 0 fully saturated rings. The van der Waals surface area contributed by atoms with Crippen molar-refractivity contribution in [3.8, 4) is 5.75 Å². The summed E-state index contributed by atoms with van der Waals surface area (Å²) in [5.74, 6) is 0.903. The van der Waals surface area contributed by atoms with Crippen LogP contribution < -0.4 is 4.74 Å². The number of methoxy groups -OCH3 is 1. The lowest BCUT2D eigenvalue weighted by Gasteiger charge is -2.20. The minimum Gasteiger partial charge on any atom is -0.496 e. The predicted molar refractivity (Wildman–Crippen MR) is 82.0 cm³/mol. The van der Waals surface area contributed by atoms with E-state index >= 15 is 0 Å². The molecule has 0 bridgehead atoms. The monoisotopic (exact) mass is 327 g/mol. The first kappa shape index (κ1) is 16.2. The van der Waals surface area contributed by atoms with Gasteiger partial charge in [-0.2, -0.15) is 0 Å². The normalized spacial score (nSPS) is 10.8. The highest BCUT2D eigenvalue weighted by molar-refractivity contribution is 9.10. The van der Waals surface area contributed by atoms with Gasteiger partial charge in [-0.1, -0.05) is 13.8 Å². The molecular formula is C15H22BrNO2. The van der Waals surface area contributed by atoms with Crippen molar-refractivity contribution in [2.24, 2.45) is 0 Å². The Bertz CT molecular complexity index is 415. The number of benzene rings is 1. The number of nitrogens with zero attached hydrogens (tertiary/aromatic N) is 1. The average Bonchev–Trinajstić information content (AvgIpc) is 2.39. The number of carbonyl (C=O) groups is 1. The van der Waals surface area contributed by atoms with Crippen LogP contribution in [-0.4, -0.2) is 37.4 Å². The van der Waals surface area contributed by atoms with Crippen LogP contribution in [0.3, 0.4) is 0 Å². The van der Waals surface area contributed by atoms with Gasteiger partial charge in [0.05, 0.1) is 18.1 Å². The molecule has 3 nitrogen and oxygen atoms in total. The molecule has 0 spiro atoms. The van der Waals surface area contributed by atoms with Crippen LogP contribution >= 0.6 is 15.9 Å². The molecular weight excluding hydrogens is 306 g/mol. The second kappa shape index (κ2) is 8.33. The zero-order valence-corrected chi connectivity index (χ0v) is 13.5. The van der Waals surface area contributed by atoms with Crippen molar-refractivity contribution in [2.45, 2.75) is 26.7 Å². The number of halogens is 1. The Morgan fingerprint density at radius 1 is 1.26 bits per heavy atom. The Morgan fingerprint density at radius 3 is 2.37 bits per heavy atom. The Labute approximate surface area is 124 Å². The topological polar surface area (TPSA) is 29.5 Å². The van der Waals surface area contributed by atoms with Crippen LogP contribution in [0.2, 0.25) is 0 Å². The molecule has 0 atom stereocenters. The third-order valence-electron chi connectivity index (χ3n) is 2.92. The summed E-state index contributed by atoms with van der Waals surface area (Å²) in [6, 6.07) is 5.47. The fraction of sp³-hybridized carbons (Fsp3) is 0.533. The average molecular weight is 328 g/mol. The van der Waals surface area contributed by atoms with Gasteiger partial charge in [-0.05, 0) is 60.1 Å². The molecule has 0 saturated heterocycles. The van der Waals surface area contributed by atoms with Gasteiger partial charge in [0, 0.05) is 5.56 Å². The molecule has 0 unspecified atom stereocenters. The second-order valence-corrected chi connectivity index (χ2v) is 5.40. The van der Waals surface area contributed by atoms with Crippen molar-refractivity contribution < 1.29 is 9.53 Å². The Kier molecular flexibility index (Phi) is 7.10. The summed E-state index contributed by atoms with van der Waals surface area (Å²) in [4.78, 5) is 14.5. The minimum absolute atomic E-state index is 0.158. The smallest absolute Gasteiger partial charge is 0.176 e. The van der Waals surface area contributed by atoms with E-state index in [0.29, 0.717) is 6.54 Å². The van der Waals surface area contributed by atoms with E-state index in [9.17, 15) is 4.79 Å². The Hall–Kier alpha value is -0.870. The zero-order valence-electron chi connectivity index (χ0n) is 11.9. The number of rotatable bonds is 8. The van der Waals surface area contributed by atoms with E-state index in [1.54, 1.807) is 7.11 Å². The zero-order chi connectivity index (χ0) is 14.3. The van der Waals surface area contributed by atoms with Crippen LogP contribution in [0.1, 0.15) is 37.0 Å². The fourth-order valence-electron chi connectivity index (χ4n) is 2.04. The van der Waals surface area contributed by atoms with Gasteiger partial charge in [-0.3, -0.25) is 9.69 Å². The third-order valence-corrected chi connectivity index (χ3v) is 3.54. The lowest BCUT2D eigenvalue weighted by atomic mass is 10.1. The first-order chi connectivity index (χ1) is 9.12. The number of ketones is 1. The summed E-state index contributed by atoms with van der Waals surface area (Å²) in [7, 11) is 1.62. The van der Waals surface area contributed by atoms with Crippen molar-refractivity contribution in [2.75, 3.05) is 26.7 Å². The number of hydrogen-bond acceptors (Lipinski definition) is 3. The van der Waals surface area contributed by atoms with Gasteiger partial charge in [0.15, 0.2) is 5.78 Å². The highest BCUT2D eigenvalue weighted by atomic mass is 79.9. The van der Waals surface area contributed by atoms with E-state index in [1.165, 1.54) is 0 Å². The summed E-state index contributed by atoms with van der Waals surface area (Å²) in [5.41, 5.74) is 0.727. The number of hydrogen-bond donors (Lipinski definition) is 0. The molecule has 19 heavy (non-hydrogen) atoms. The Morgan fingerprint density at radius 2 is 1.89 bits per heavy atom. The molecule has 1 aromatic rings. The lowest BCUT2D eigenvalue weighted by molar-refractivity contribution is 0.0930. The molecule has 0 saturated carbocycles. The maximum absolute atomic E-state index is 12.3. The van der Waals surface area contributed by atoms with E-state index in [0.717, 1.165) is 41.7 Å². The van der Waals surface area contributed by atoms with Crippen LogP contribution in [0.25, 0.3) is 0 Å². The first-order valence-corrected chi connectivity index (χ1v) is 7.50. The number of carbonyl (C=O) groups excluding carboxylic acids is 1.